The van der Waals surface area contributed by atoms with Crippen molar-refractivity contribution in [3.8, 4) is 0 Å². The monoisotopic (exact) mass is 508 g/mol. The Morgan fingerprint density at radius 3 is 2.58 bits per heavy atom. The summed E-state index contributed by atoms with van der Waals surface area (Å²) >= 11 is 0. The molecule has 3 N–H and O–H groups in total. The molecule has 0 aromatic rings. The molecule has 2 aliphatic heterocycles. The molecule has 204 valence electrons. The summed E-state index contributed by atoms with van der Waals surface area (Å²) in [6.45, 7) is 12.5. The van der Waals surface area contributed by atoms with E-state index in [2.05, 4.69) is 33.4 Å². The molecule has 12 unspecified atom stereocenters. The summed E-state index contributed by atoms with van der Waals surface area (Å²) in [7, 11) is 0. The zero-order valence-corrected chi connectivity index (χ0v) is 22.0. The van der Waals surface area contributed by atoms with Crippen molar-refractivity contribution in [3.63, 3.8) is 0 Å². The minimum atomic E-state index is -1.32. The van der Waals surface area contributed by atoms with E-state index in [-0.39, 0.29) is 24.6 Å². The van der Waals surface area contributed by atoms with Crippen molar-refractivity contribution in [2.45, 2.75) is 109 Å². The molecule has 0 aromatic carbocycles. The fourth-order valence-electron chi connectivity index (χ4n) is 6.63. The molecule has 2 heterocycles. The Bertz CT molecular complexity index is 824. The van der Waals surface area contributed by atoms with Gasteiger partial charge in [-0.25, -0.2) is 0 Å². The van der Waals surface area contributed by atoms with E-state index in [1.54, 1.807) is 0 Å². The summed E-state index contributed by atoms with van der Waals surface area (Å²) in [5.74, 6) is 1.47. The van der Waals surface area contributed by atoms with Gasteiger partial charge in [0.05, 0.1) is 6.61 Å². The van der Waals surface area contributed by atoms with Gasteiger partial charge in [-0.2, -0.15) is 0 Å². The van der Waals surface area contributed by atoms with Gasteiger partial charge in [0.15, 0.2) is 12.6 Å². The molecule has 2 aliphatic carbocycles. The molecule has 36 heavy (non-hydrogen) atoms. The van der Waals surface area contributed by atoms with Crippen LogP contribution in [0, 0.1) is 29.6 Å². The molecule has 8 nitrogen and oxygen atoms in total. The van der Waals surface area contributed by atoms with E-state index in [9.17, 15) is 20.1 Å². The van der Waals surface area contributed by atoms with Gasteiger partial charge in [0, 0.05) is 12.8 Å². The normalized spacial score (nSPS) is 42.5. The lowest BCUT2D eigenvalue weighted by Crippen LogP contribution is -2.58. The van der Waals surface area contributed by atoms with Crippen LogP contribution < -0.4 is 0 Å². The highest BCUT2D eigenvalue weighted by Gasteiger charge is 2.48. The van der Waals surface area contributed by atoms with Crippen LogP contribution in [0.25, 0.3) is 0 Å². The van der Waals surface area contributed by atoms with E-state index in [0.717, 1.165) is 44.1 Å². The third kappa shape index (κ3) is 5.89. The number of allylic oxidation sites excluding steroid dienone is 2. The van der Waals surface area contributed by atoms with Gasteiger partial charge in [-0.15, -0.1) is 0 Å². The van der Waals surface area contributed by atoms with Crippen LogP contribution >= 0.6 is 0 Å². The van der Waals surface area contributed by atoms with Crippen molar-refractivity contribution in [2.24, 2.45) is 29.6 Å². The van der Waals surface area contributed by atoms with Gasteiger partial charge in [-0.05, 0) is 61.9 Å². The molecule has 4 aliphatic rings. The lowest BCUT2D eigenvalue weighted by Gasteiger charge is -2.46. The van der Waals surface area contributed by atoms with Gasteiger partial charge in [-0.3, -0.25) is 4.79 Å². The standard InChI is InChI=1S/C28H44O8/c1-14-9-10-19-17(4)22(34-18(5)29)12-20(21(19)11-14)15(2)7-6-8-16(3)27-33-13-23-24(30)25(31)26(32)28(35-23)36-27/h11,15-16,19-28,30-32H,4,6-10,12-13H2,1-3,5H3. The topological polar surface area (TPSA) is 115 Å². The predicted molar refractivity (Wildman–Crippen MR) is 132 cm³/mol. The van der Waals surface area contributed by atoms with Crippen molar-refractivity contribution >= 4 is 5.97 Å². The number of esters is 1. The van der Waals surface area contributed by atoms with Crippen molar-refractivity contribution in [3.05, 3.63) is 23.8 Å². The van der Waals surface area contributed by atoms with Crippen LogP contribution in [-0.2, 0) is 23.7 Å². The summed E-state index contributed by atoms with van der Waals surface area (Å²) in [5, 5.41) is 30.4. The van der Waals surface area contributed by atoms with Crippen molar-refractivity contribution in [1.29, 1.82) is 0 Å². The van der Waals surface area contributed by atoms with E-state index < -0.39 is 37.0 Å². The highest BCUT2D eigenvalue weighted by Crippen LogP contribution is 2.49. The van der Waals surface area contributed by atoms with Crippen molar-refractivity contribution < 1.29 is 39.1 Å². The zero-order chi connectivity index (χ0) is 26.1. The molecule has 12 atom stereocenters. The third-order valence-corrected chi connectivity index (χ3v) is 8.85. The molecule has 0 aromatic heterocycles. The second kappa shape index (κ2) is 11.6. The van der Waals surface area contributed by atoms with Crippen LogP contribution in [0.3, 0.4) is 0 Å². The van der Waals surface area contributed by atoms with Gasteiger partial charge >= 0.3 is 5.97 Å². The minimum absolute atomic E-state index is 0.0473. The highest BCUT2D eigenvalue weighted by atomic mass is 16.8. The molecule has 8 heteroatoms. The fourth-order valence-corrected chi connectivity index (χ4v) is 6.63. The molecule has 0 spiro atoms. The zero-order valence-electron chi connectivity index (χ0n) is 22.0. The summed E-state index contributed by atoms with van der Waals surface area (Å²) in [4.78, 5) is 11.7. The Hall–Kier alpha value is -1.29. The number of rotatable bonds is 7. The second-order valence-corrected chi connectivity index (χ2v) is 11.5. The van der Waals surface area contributed by atoms with Gasteiger partial charge < -0.3 is 34.3 Å². The first-order chi connectivity index (χ1) is 17.1. The summed E-state index contributed by atoms with van der Waals surface area (Å²) in [5.41, 5.74) is 2.51. The third-order valence-electron chi connectivity index (χ3n) is 8.85. The maximum absolute atomic E-state index is 11.7. The first-order valence-electron chi connectivity index (χ1n) is 13.6. The van der Waals surface area contributed by atoms with Crippen LogP contribution in [0.5, 0.6) is 0 Å². The number of carbonyl (C=O) groups is 1. The van der Waals surface area contributed by atoms with E-state index in [1.807, 2.05) is 0 Å². The highest BCUT2D eigenvalue weighted by molar-refractivity contribution is 5.66. The van der Waals surface area contributed by atoms with Gasteiger partial charge in [0.1, 0.15) is 30.5 Å². The van der Waals surface area contributed by atoms with Gasteiger partial charge in [0.25, 0.3) is 0 Å². The van der Waals surface area contributed by atoms with Crippen molar-refractivity contribution in [2.75, 3.05) is 6.61 Å². The number of hydrogen-bond donors (Lipinski definition) is 3. The largest absolute Gasteiger partial charge is 0.458 e. The van der Waals surface area contributed by atoms with Gasteiger partial charge in [0.2, 0.25) is 0 Å². The second-order valence-electron chi connectivity index (χ2n) is 11.5. The molecule has 3 fully saturated rings. The number of hydrogen-bond acceptors (Lipinski definition) is 8. The van der Waals surface area contributed by atoms with Crippen LogP contribution in [0.1, 0.15) is 66.2 Å². The average Bonchev–Trinajstić information content (AvgIpc) is 3.05. The van der Waals surface area contributed by atoms with Crippen LogP contribution in [0.15, 0.2) is 23.8 Å². The smallest absolute Gasteiger partial charge is 0.303 e. The Balaban J connectivity index is 1.34. The number of aliphatic hydroxyl groups excluding tert-OH is 3. The van der Waals surface area contributed by atoms with E-state index in [1.165, 1.54) is 12.5 Å². The SMILES string of the molecule is C=C1C(OC(C)=O)CC(C(C)CCCC(C)C2OCC3OC(O2)C(O)C(O)C3O)C2C=C(C)CCC12. The molecule has 2 saturated heterocycles. The van der Waals surface area contributed by atoms with Crippen LogP contribution in [0.2, 0.25) is 0 Å². The minimum Gasteiger partial charge on any atom is -0.458 e. The molecular formula is C28H44O8. The van der Waals surface area contributed by atoms with E-state index >= 15 is 0 Å². The van der Waals surface area contributed by atoms with Gasteiger partial charge in [-0.1, -0.05) is 44.9 Å². The molecule has 1 saturated carbocycles. The molecule has 0 radical (unpaired) electrons. The first-order valence-corrected chi connectivity index (χ1v) is 13.6. The maximum atomic E-state index is 11.7. The summed E-state index contributed by atoms with van der Waals surface area (Å²) < 4.78 is 23.0. The molecular weight excluding hydrogens is 464 g/mol. The number of carbonyl (C=O) groups excluding carboxylic acids is 1. The lowest BCUT2D eigenvalue weighted by molar-refractivity contribution is -0.304. The quantitative estimate of drug-likeness (QED) is 0.355. The van der Waals surface area contributed by atoms with Crippen LogP contribution in [0.4, 0.5) is 0 Å². The Labute approximate surface area is 214 Å². The number of fused-ring (bicyclic) bond motifs is 3. The Kier molecular flexibility index (Phi) is 8.95. The maximum Gasteiger partial charge on any atom is 0.303 e. The average molecular weight is 509 g/mol. The summed E-state index contributed by atoms with van der Waals surface area (Å²) in [6, 6.07) is 0. The number of ether oxygens (including phenoxy) is 4. The van der Waals surface area contributed by atoms with Crippen molar-refractivity contribution in [1.82, 2.24) is 0 Å². The first kappa shape index (κ1) is 27.7. The van der Waals surface area contributed by atoms with Crippen LogP contribution in [-0.4, -0.2) is 71.0 Å². The Morgan fingerprint density at radius 2 is 1.86 bits per heavy atom. The lowest BCUT2D eigenvalue weighted by atomic mass is 9.60. The molecule has 4 rings (SSSR count). The fraction of sp³-hybridized carbons (Fsp3) is 0.821. The number of aliphatic hydroxyl groups is 3. The Morgan fingerprint density at radius 1 is 1.14 bits per heavy atom. The van der Waals surface area contributed by atoms with E-state index in [4.69, 9.17) is 18.9 Å². The molecule has 0 amide bonds. The molecule has 2 bridgehead atoms. The predicted octanol–water partition coefficient (Wildman–Crippen LogP) is 3.09. The van der Waals surface area contributed by atoms with E-state index in [0.29, 0.717) is 23.7 Å². The summed E-state index contributed by atoms with van der Waals surface area (Å²) in [6.07, 6.45) is 1.88.